The second-order valence-corrected chi connectivity index (χ2v) is 11.2. The standard InChI is InChI=1S/C29H26N4O5S2/c1-18(34)32-30-16-21-17-40-28-24(31-23(35)15-22-13-8-14-39-22)27(36)33(28)25(21)29(37)38-26(19-9-4-2-5-10-19)20-11-6-3-7-12-20/h2-14,16-17,24-26,28H,15H2,1H3,(H,31,35)(H,32,34)/t24?,25?,28-/m0/s1. The number of carbonyl (C=O) groups is 4. The van der Waals surface area contributed by atoms with E-state index in [2.05, 4.69) is 15.8 Å². The van der Waals surface area contributed by atoms with Crippen LogP contribution in [0, 0.1) is 0 Å². The van der Waals surface area contributed by atoms with E-state index < -0.39 is 35.4 Å². The van der Waals surface area contributed by atoms with Crippen LogP contribution >= 0.6 is 23.1 Å². The first-order valence-electron chi connectivity index (χ1n) is 12.5. The monoisotopic (exact) mass is 574 g/mol. The molecule has 3 atom stereocenters. The highest BCUT2D eigenvalue weighted by molar-refractivity contribution is 8.03. The summed E-state index contributed by atoms with van der Waals surface area (Å²) in [5.74, 6) is -1.69. The van der Waals surface area contributed by atoms with E-state index in [9.17, 15) is 19.2 Å². The number of nitrogens with one attached hydrogen (secondary N) is 2. The van der Waals surface area contributed by atoms with Crippen molar-refractivity contribution in [3.63, 3.8) is 0 Å². The van der Waals surface area contributed by atoms with Gasteiger partial charge in [-0.15, -0.1) is 23.1 Å². The van der Waals surface area contributed by atoms with Crippen LogP contribution < -0.4 is 10.7 Å². The first-order valence-corrected chi connectivity index (χ1v) is 14.3. The zero-order valence-corrected chi connectivity index (χ0v) is 23.1. The third-order valence-corrected chi connectivity index (χ3v) is 8.41. The number of thioether (sulfide) groups is 1. The molecule has 0 saturated carbocycles. The Bertz CT molecular complexity index is 1400. The van der Waals surface area contributed by atoms with Gasteiger partial charge in [-0.1, -0.05) is 66.7 Å². The van der Waals surface area contributed by atoms with Crippen LogP contribution in [-0.2, 0) is 30.3 Å². The van der Waals surface area contributed by atoms with Crippen LogP contribution in [0.3, 0.4) is 0 Å². The molecule has 2 aliphatic heterocycles. The number of amides is 3. The van der Waals surface area contributed by atoms with E-state index in [-0.39, 0.29) is 18.2 Å². The van der Waals surface area contributed by atoms with Gasteiger partial charge in [-0.05, 0) is 28.0 Å². The molecule has 3 aromatic rings. The molecule has 3 heterocycles. The molecule has 11 heteroatoms. The number of benzene rings is 2. The van der Waals surface area contributed by atoms with E-state index >= 15 is 0 Å². The zero-order chi connectivity index (χ0) is 28.1. The summed E-state index contributed by atoms with van der Waals surface area (Å²) in [6, 6.07) is 20.5. The van der Waals surface area contributed by atoms with Crippen LogP contribution in [-0.4, -0.2) is 52.3 Å². The molecule has 204 valence electrons. The topological polar surface area (TPSA) is 117 Å². The number of carbonyl (C=O) groups excluding carboxylic acids is 4. The second kappa shape index (κ2) is 12.3. The molecule has 2 N–H and O–H groups in total. The third-order valence-electron chi connectivity index (χ3n) is 6.35. The number of nitrogens with zero attached hydrogens (tertiary/aromatic N) is 2. The van der Waals surface area contributed by atoms with Gasteiger partial charge in [-0.25, -0.2) is 10.2 Å². The maximum absolute atomic E-state index is 13.8. The number of hydrogen-bond acceptors (Lipinski definition) is 8. The minimum absolute atomic E-state index is 0.171. The minimum Gasteiger partial charge on any atom is -0.451 e. The van der Waals surface area contributed by atoms with Gasteiger partial charge in [0.05, 0.1) is 12.6 Å². The molecule has 2 aliphatic rings. The van der Waals surface area contributed by atoms with Crippen molar-refractivity contribution in [2.45, 2.75) is 36.9 Å². The van der Waals surface area contributed by atoms with Crippen molar-refractivity contribution in [1.82, 2.24) is 15.6 Å². The summed E-state index contributed by atoms with van der Waals surface area (Å²) < 4.78 is 6.09. The van der Waals surface area contributed by atoms with Crippen LogP contribution in [0.5, 0.6) is 0 Å². The van der Waals surface area contributed by atoms with Crippen LogP contribution in [0.4, 0.5) is 0 Å². The first kappa shape index (κ1) is 27.4. The van der Waals surface area contributed by atoms with Crippen molar-refractivity contribution >= 4 is 53.0 Å². The van der Waals surface area contributed by atoms with Gasteiger partial charge in [0.2, 0.25) is 17.7 Å². The lowest BCUT2D eigenvalue weighted by atomic mass is 9.97. The smallest absolute Gasteiger partial charge is 0.334 e. The zero-order valence-electron chi connectivity index (χ0n) is 21.4. The van der Waals surface area contributed by atoms with Gasteiger partial charge >= 0.3 is 5.97 Å². The molecule has 0 bridgehead atoms. The Morgan fingerprint density at radius 3 is 2.30 bits per heavy atom. The lowest BCUT2D eigenvalue weighted by Gasteiger charge is -2.51. The van der Waals surface area contributed by atoms with Crippen molar-refractivity contribution in [2.75, 3.05) is 0 Å². The highest BCUT2D eigenvalue weighted by Crippen LogP contribution is 2.41. The van der Waals surface area contributed by atoms with E-state index in [1.54, 1.807) is 5.41 Å². The van der Waals surface area contributed by atoms with E-state index in [4.69, 9.17) is 4.74 Å². The molecule has 9 nitrogen and oxygen atoms in total. The molecule has 0 spiro atoms. The highest BCUT2D eigenvalue weighted by Gasteiger charge is 2.56. The third kappa shape index (κ3) is 6.00. The summed E-state index contributed by atoms with van der Waals surface area (Å²) in [5.41, 5.74) is 4.26. The Morgan fingerprint density at radius 2 is 1.70 bits per heavy atom. The number of ether oxygens (including phenoxy) is 1. The van der Waals surface area contributed by atoms with Crippen molar-refractivity contribution < 1.29 is 23.9 Å². The van der Waals surface area contributed by atoms with Gasteiger partial charge in [-0.3, -0.25) is 14.4 Å². The number of hydrazone groups is 1. The van der Waals surface area contributed by atoms with Crippen molar-refractivity contribution in [3.8, 4) is 0 Å². The van der Waals surface area contributed by atoms with Gasteiger partial charge in [0.25, 0.3) is 0 Å². The summed E-state index contributed by atoms with van der Waals surface area (Å²) in [6.07, 6.45) is 0.797. The van der Waals surface area contributed by atoms with Crippen LogP contribution in [0.2, 0.25) is 0 Å². The largest absolute Gasteiger partial charge is 0.451 e. The maximum Gasteiger partial charge on any atom is 0.334 e. The molecular formula is C29H26N4O5S2. The summed E-state index contributed by atoms with van der Waals surface area (Å²) >= 11 is 2.76. The summed E-state index contributed by atoms with van der Waals surface area (Å²) in [5, 5.41) is 9.83. The molecule has 40 heavy (non-hydrogen) atoms. The lowest BCUT2D eigenvalue weighted by molar-refractivity contribution is -0.165. The van der Waals surface area contributed by atoms with E-state index in [0.29, 0.717) is 5.57 Å². The van der Waals surface area contributed by atoms with Crippen molar-refractivity contribution in [3.05, 3.63) is 105 Å². The summed E-state index contributed by atoms with van der Waals surface area (Å²) in [6.45, 7) is 1.32. The van der Waals surface area contributed by atoms with Crippen LogP contribution in [0.15, 0.2) is 94.3 Å². The number of rotatable bonds is 9. The van der Waals surface area contributed by atoms with E-state index in [0.717, 1.165) is 16.0 Å². The average molecular weight is 575 g/mol. The molecule has 2 aromatic carbocycles. The fraction of sp³-hybridized carbons (Fsp3) is 0.207. The fourth-order valence-electron chi connectivity index (χ4n) is 4.52. The van der Waals surface area contributed by atoms with E-state index in [1.807, 2.05) is 78.2 Å². The minimum atomic E-state index is -1.11. The van der Waals surface area contributed by atoms with Gasteiger partial charge in [0.1, 0.15) is 11.4 Å². The SMILES string of the molecule is CC(=O)NN=CC1=CS[C@H]2C(NC(=O)Cc3cccs3)C(=O)N2C1C(=O)OC(c1ccccc1)c1ccccc1. The normalized spacial score (nSPS) is 19.9. The molecule has 1 fully saturated rings. The molecule has 0 aliphatic carbocycles. The maximum atomic E-state index is 13.8. The number of β-lactam (4-membered cyclic amide) rings is 1. The van der Waals surface area contributed by atoms with Gasteiger partial charge in [0.15, 0.2) is 12.1 Å². The Morgan fingerprint density at radius 1 is 1.02 bits per heavy atom. The van der Waals surface area contributed by atoms with Crippen LogP contribution in [0.25, 0.3) is 0 Å². The highest BCUT2D eigenvalue weighted by atomic mass is 32.2. The van der Waals surface area contributed by atoms with Crippen LogP contribution in [0.1, 0.15) is 29.0 Å². The summed E-state index contributed by atoms with van der Waals surface area (Å²) in [4.78, 5) is 53.5. The Labute approximate surface area is 239 Å². The number of fused-ring (bicyclic) bond motifs is 1. The number of hydrogen-bond donors (Lipinski definition) is 2. The van der Waals surface area contributed by atoms with E-state index in [1.165, 1.54) is 41.1 Å². The molecule has 5 rings (SSSR count). The Hall–Kier alpha value is -4.22. The molecular weight excluding hydrogens is 548 g/mol. The molecule has 0 radical (unpaired) electrons. The Balaban J connectivity index is 1.39. The molecule has 1 aromatic heterocycles. The predicted molar refractivity (Wildman–Crippen MR) is 153 cm³/mol. The van der Waals surface area contributed by atoms with Gasteiger partial charge in [0, 0.05) is 17.4 Å². The lowest BCUT2D eigenvalue weighted by Crippen LogP contribution is -2.74. The second-order valence-electron chi connectivity index (χ2n) is 9.16. The number of esters is 1. The number of thiophene rings is 1. The van der Waals surface area contributed by atoms with Gasteiger partial charge in [-0.2, -0.15) is 5.10 Å². The average Bonchev–Trinajstić information content (AvgIpc) is 3.48. The predicted octanol–water partition coefficient (Wildman–Crippen LogP) is 3.40. The quantitative estimate of drug-likeness (QED) is 0.175. The molecule has 2 unspecified atom stereocenters. The van der Waals surface area contributed by atoms with Gasteiger partial charge < -0.3 is 15.0 Å². The molecule has 1 saturated heterocycles. The fourth-order valence-corrected chi connectivity index (χ4v) is 6.41. The summed E-state index contributed by atoms with van der Waals surface area (Å²) in [7, 11) is 0. The molecule has 3 amide bonds. The van der Waals surface area contributed by atoms with Crippen molar-refractivity contribution in [2.24, 2.45) is 5.10 Å². The first-order chi connectivity index (χ1) is 19.4. The Kier molecular flexibility index (Phi) is 8.42. The van der Waals surface area contributed by atoms with Crippen molar-refractivity contribution in [1.29, 1.82) is 0 Å².